The Labute approximate surface area is 139 Å². The van der Waals surface area contributed by atoms with Gasteiger partial charge < -0.3 is 15.2 Å². The van der Waals surface area contributed by atoms with E-state index in [0.717, 1.165) is 0 Å². The third-order valence-corrected chi connectivity index (χ3v) is 5.49. The molecule has 1 aromatic rings. The van der Waals surface area contributed by atoms with E-state index in [1.54, 1.807) is 6.07 Å². The molecule has 2 N–H and O–H groups in total. The summed E-state index contributed by atoms with van der Waals surface area (Å²) in [6.45, 7) is 0.531. The number of amidine groups is 1. The fourth-order valence-corrected chi connectivity index (χ4v) is 4.31. The summed E-state index contributed by atoms with van der Waals surface area (Å²) >= 11 is 3.13. The highest BCUT2D eigenvalue weighted by Crippen LogP contribution is 2.82. The summed E-state index contributed by atoms with van der Waals surface area (Å²) in [6, 6.07) is 8.68. The van der Waals surface area contributed by atoms with Crippen molar-refractivity contribution >= 4 is 21.8 Å². The highest BCUT2D eigenvalue weighted by atomic mass is 79.9. The zero-order valence-electron chi connectivity index (χ0n) is 11.7. The predicted octanol–water partition coefficient (Wildman–Crippen LogP) is 1.78. The van der Waals surface area contributed by atoms with Crippen molar-refractivity contribution in [3.8, 4) is 12.1 Å². The van der Waals surface area contributed by atoms with Crippen LogP contribution in [0.4, 0.5) is 4.39 Å². The van der Waals surface area contributed by atoms with E-state index in [1.165, 1.54) is 12.1 Å². The van der Waals surface area contributed by atoms with Gasteiger partial charge in [-0.3, -0.25) is 0 Å². The first-order valence-corrected chi connectivity index (χ1v) is 7.69. The number of rotatable bonds is 1. The van der Waals surface area contributed by atoms with Gasteiger partial charge in [-0.05, 0) is 33.6 Å². The molecule has 1 aromatic carbocycles. The minimum atomic E-state index is -1.56. The van der Waals surface area contributed by atoms with Gasteiger partial charge in [-0.15, -0.1) is 0 Å². The number of benzene rings is 1. The van der Waals surface area contributed by atoms with Crippen LogP contribution in [0.2, 0.25) is 0 Å². The Hall–Kier alpha value is -2.00. The molecular formula is C15H10BrFN4O2. The predicted molar refractivity (Wildman–Crippen MR) is 79.2 cm³/mol. The fourth-order valence-electron chi connectivity index (χ4n) is 3.91. The standard InChI is InChI=1S/C15H10BrFN4O2/c16-9-5-8(1-2-10(9)17)11-13(6-18)12(20)21-15(14(11,13)7-19)22-3-4-23-15/h1-2,5,11H,3-4H2,(H2,20,21)/t11-,13-,14-/m1/s1. The van der Waals surface area contributed by atoms with E-state index in [1.807, 2.05) is 0 Å². The molecule has 4 rings (SSSR count). The Bertz CT molecular complexity index is 839. The lowest BCUT2D eigenvalue weighted by Crippen LogP contribution is -2.38. The van der Waals surface area contributed by atoms with Crippen LogP contribution in [0, 0.1) is 39.3 Å². The van der Waals surface area contributed by atoms with Gasteiger partial charge in [0.25, 0.3) is 5.91 Å². The maximum atomic E-state index is 13.5. The zero-order valence-corrected chi connectivity index (χ0v) is 13.3. The van der Waals surface area contributed by atoms with Gasteiger partial charge in [0.05, 0.1) is 29.8 Å². The van der Waals surface area contributed by atoms with Crippen LogP contribution >= 0.6 is 15.9 Å². The van der Waals surface area contributed by atoms with Gasteiger partial charge in [-0.2, -0.15) is 10.5 Å². The third kappa shape index (κ3) is 1.36. The Morgan fingerprint density at radius 3 is 2.57 bits per heavy atom. The van der Waals surface area contributed by atoms with Crippen molar-refractivity contribution in [1.29, 1.82) is 10.5 Å². The highest BCUT2D eigenvalue weighted by molar-refractivity contribution is 9.10. The molecule has 2 heterocycles. The SMILES string of the molecule is N#C[C@@]12C(N)=NC3(OCCO3)[C@]1(C#N)[C@@H]2c1ccc(F)c(Br)c1. The van der Waals surface area contributed by atoms with Crippen LogP contribution < -0.4 is 5.73 Å². The minimum absolute atomic E-state index is 0.0221. The second-order valence-electron chi connectivity index (χ2n) is 5.72. The zero-order chi connectivity index (χ0) is 16.5. The molecule has 23 heavy (non-hydrogen) atoms. The Morgan fingerprint density at radius 2 is 2.00 bits per heavy atom. The number of fused-ring (bicyclic) bond motifs is 2. The van der Waals surface area contributed by atoms with E-state index in [9.17, 15) is 14.9 Å². The molecule has 1 spiro atoms. The lowest BCUT2D eigenvalue weighted by molar-refractivity contribution is -0.184. The Balaban J connectivity index is 1.93. The highest BCUT2D eigenvalue weighted by Gasteiger charge is 2.94. The molecule has 0 bridgehead atoms. The van der Waals surface area contributed by atoms with E-state index in [4.69, 9.17) is 15.2 Å². The van der Waals surface area contributed by atoms with E-state index in [0.29, 0.717) is 5.56 Å². The molecule has 1 saturated carbocycles. The van der Waals surface area contributed by atoms with Crippen molar-refractivity contribution in [2.75, 3.05) is 13.2 Å². The van der Waals surface area contributed by atoms with Gasteiger partial charge in [0, 0.05) is 5.92 Å². The molecule has 0 aromatic heterocycles. The first-order valence-electron chi connectivity index (χ1n) is 6.90. The summed E-state index contributed by atoms with van der Waals surface area (Å²) in [6.07, 6.45) is 0. The van der Waals surface area contributed by atoms with Gasteiger partial charge in [-0.1, -0.05) is 6.07 Å². The van der Waals surface area contributed by atoms with E-state index in [-0.39, 0.29) is 23.5 Å². The second kappa shape index (κ2) is 4.30. The number of nitrogens with zero attached hydrogens (tertiary/aromatic N) is 3. The quantitative estimate of drug-likeness (QED) is 0.803. The van der Waals surface area contributed by atoms with E-state index in [2.05, 4.69) is 33.1 Å². The lowest BCUT2D eigenvalue weighted by atomic mass is 9.94. The Kier molecular flexibility index (Phi) is 2.72. The van der Waals surface area contributed by atoms with Crippen molar-refractivity contribution in [2.45, 2.75) is 11.8 Å². The van der Waals surface area contributed by atoms with Crippen LogP contribution in [0.5, 0.6) is 0 Å². The first kappa shape index (κ1) is 14.6. The number of hydrogen-bond acceptors (Lipinski definition) is 6. The summed E-state index contributed by atoms with van der Waals surface area (Å²) in [5.74, 6) is -2.57. The average Bonchev–Trinajstić information content (AvgIpc) is 2.79. The lowest BCUT2D eigenvalue weighted by Gasteiger charge is -2.25. The largest absolute Gasteiger partial charge is 0.386 e. The number of halogens is 2. The minimum Gasteiger partial charge on any atom is -0.386 e. The normalized spacial score (nSPS) is 36.2. The molecule has 116 valence electrons. The van der Waals surface area contributed by atoms with Gasteiger partial charge in [0.1, 0.15) is 17.1 Å². The smallest absolute Gasteiger partial charge is 0.293 e. The molecule has 3 atom stereocenters. The molecule has 8 heteroatoms. The molecule has 2 fully saturated rings. The van der Waals surface area contributed by atoms with Crippen molar-refractivity contribution in [1.82, 2.24) is 0 Å². The summed E-state index contributed by atoms with van der Waals surface area (Å²) in [7, 11) is 0. The van der Waals surface area contributed by atoms with Crippen LogP contribution in [0.15, 0.2) is 27.7 Å². The van der Waals surface area contributed by atoms with Crippen LogP contribution in [-0.4, -0.2) is 25.0 Å². The number of nitrogens with two attached hydrogens (primary N) is 1. The molecule has 1 aliphatic carbocycles. The summed E-state index contributed by atoms with van der Waals surface area (Å²) in [4.78, 5) is 4.17. The molecule has 0 amide bonds. The number of ether oxygens (including phenoxy) is 2. The summed E-state index contributed by atoms with van der Waals surface area (Å²) < 4.78 is 25.0. The van der Waals surface area contributed by atoms with Crippen molar-refractivity contribution < 1.29 is 13.9 Å². The van der Waals surface area contributed by atoms with Crippen LogP contribution in [0.25, 0.3) is 0 Å². The van der Waals surface area contributed by atoms with Crippen LogP contribution in [-0.2, 0) is 9.47 Å². The topological polar surface area (TPSA) is 104 Å². The molecular weight excluding hydrogens is 367 g/mol. The number of hydrogen-bond donors (Lipinski definition) is 1. The van der Waals surface area contributed by atoms with Gasteiger partial charge in [0.2, 0.25) is 0 Å². The molecule has 2 aliphatic heterocycles. The number of aliphatic imine (C=N–C) groups is 1. The van der Waals surface area contributed by atoms with Crippen LogP contribution in [0.3, 0.4) is 0 Å². The van der Waals surface area contributed by atoms with Crippen molar-refractivity contribution in [3.63, 3.8) is 0 Å². The number of nitriles is 2. The molecule has 0 unspecified atom stereocenters. The second-order valence-corrected chi connectivity index (χ2v) is 6.58. The maximum Gasteiger partial charge on any atom is 0.293 e. The molecule has 6 nitrogen and oxygen atoms in total. The summed E-state index contributed by atoms with van der Waals surface area (Å²) in [5, 5.41) is 19.7. The Morgan fingerprint density at radius 1 is 1.30 bits per heavy atom. The van der Waals surface area contributed by atoms with Gasteiger partial charge >= 0.3 is 0 Å². The monoisotopic (exact) mass is 376 g/mol. The molecule has 1 saturated heterocycles. The van der Waals surface area contributed by atoms with Gasteiger partial charge in [0.15, 0.2) is 5.41 Å². The van der Waals surface area contributed by atoms with E-state index >= 15 is 0 Å². The third-order valence-electron chi connectivity index (χ3n) is 4.88. The van der Waals surface area contributed by atoms with E-state index < -0.39 is 28.5 Å². The van der Waals surface area contributed by atoms with Gasteiger partial charge in [-0.25, -0.2) is 9.38 Å². The van der Waals surface area contributed by atoms with Crippen molar-refractivity contribution in [2.24, 2.45) is 21.6 Å². The van der Waals surface area contributed by atoms with Crippen molar-refractivity contribution in [3.05, 3.63) is 34.1 Å². The average molecular weight is 377 g/mol. The fraction of sp³-hybridized carbons (Fsp3) is 0.400. The molecule has 0 radical (unpaired) electrons. The van der Waals surface area contributed by atoms with Crippen LogP contribution in [0.1, 0.15) is 11.5 Å². The summed E-state index contributed by atoms with van der Waals surface area (Å²) in [5.41, 5.74) is 3.92. The first-order chi connectivity index (χ1) is 11.0. The molecule has 3 aliphatic rings. The maximum absolute atomic E-state index is 13.5.